The molecule has 0 amide bonds. The van der Waals surface area contributed by atoms with Crippen molar-refractivity contribution in [2.24, 2.45) is 0 Å². The lowest BCUT2D eigenvalue weighted by Gasteiger charge is -2.42. The molecule has 2 bridgehead atoms. The molecular weight excluding hydrogens is 350 g/mol. The van der Waals surface area contributed by atoms with Crippen LogP contribution in [0.1, 0.15) is 46.6 Å². The number of benzene rings is 2. The first kappa shape index (κ1) is 14.6. The normalized spacial score (nSPS) is 33.8. The molecular formula is C20H17NO6. The Morgan fingerprint density at radius 1 is 0.815 bits per heavy atom. The molecule has 4 aliphatic heterocycles. The third-order valence-electron chi connectivity index (χ3n) is 6.54. The molecule has 1 aliphatic carbocycles. The van der Waals surface area contributed by atoms with Gasteiger partial charge in [-0.25, -0.2) is 0 Å². The lowest BCUT2D eigenvalue weighted by molar-refractivity contribution is -0.167. The van der Waals surface area contributed by atoms with Crippen molar-refractivity contribution in [1.29, 1.82) is 0 Å². The van der Waals surface area contributed by atoms with Gasteiger partial charge in [-0.1, -0.05) is 0 Å². The number of hydrogen-bond donors (Lipinski definition) is 1. The van der Waals surface area contributed by atoms with Gasteiger partial charge in [0, 0.05) is 11.5 Å². The molecule has 0 radical (unpaired) electrons. The zero-order chi connectivity index (χ0) is 17.9. The first-order valence-corrected chi connectivity index (χ1v) is 9.13. The minimum Gasteiger partial charge on any atom is -0.454 e. The SMILES string of the molecule is CN1[C@@H]2[C@H](c3cc4c(cc3[C@@H]2O)OCO4)[C@H]2O[C@@H]1c1cc3c(cc12)OCO3. The van der Waals surface area contributed by atoms with Gasteiger partial charge in [-0.05, 0) is 48.0 Å². The topological polar surface area (TPSA) is 69.6 Å². The fraction of sp³-hybridized carbons (Fsp3) is 0.400. The third-order valence-corrected chi connectivity index (χ3v) is 6.54. The van der Waals surface area contributed by atoms with Crippen LogP contribution in [-0.4, -0.2) is 36.7 Å². The van der Waals surface area contributed by atoms with Crippen molar-refractivity contribution >= 4 is 0 Å². The van der Waals surface area contributed by atoms with Crippen LogP contribution in [0.25, 0.3) is 0 Å². The van der Waals surface area contributed by atoms with Gasteiger partial charge in [0.2, 0.25) is 13.6 Å². The van der Waals surface area contributed by atoms with E-state index in [0.717, 1.165) is 39.5 Å². The molecule has 0 aromatic heterocycles. The first-order chi connectivity index (χ1) is 13.2. The zero-order valence-corrected chi connectivity index (χ0v) is 14.5. The lowest BCUT2D eigenvalue weighted by Crippen LogP contribution is -2.44. The molecule has 7 rings (SSSR count). The number of aliphatic hydroxyl groups is 1. The monoisotopic (exact) mass is 367 g/mol. The summed E-state index contributed by atoms with van der Waals surface area (Å²) < 4.78 is 28.7. The molecule has 1 fully saturated rings. The van der Waals surface area contributed by atoms with Crippen molar-refractivity contribution in [2.75, 3.05) is 20.6 Å². The van der Waals surface area contributed by atoms with Crippen LogP contribution in [0.5, 0.6) is 23.0 Å². The number of nitrogens with zero attached hydrogens (tertiary/aromatic N) is 1. The number of fused-ring (bicyclic) bond motifs is 11. The molecule has 1 N–H and O–H groups in total. The Bertz CT molecular complexity index is 1010. The van der Waals surface area contributed by atoms with E-state index < -0.39 is 6.10 Å². The zero-order valence-electron chi connectivity index (χ0n) is 14.5. The summed E-state index contributed by atoms with van der Waals surface area (Å²) in [4.78, 5) is 2.13. The van der Waals surface area contributed by atoms with Crippen LogP contribution in [0, 0.1) is 0 Å². The number of rotatable bonds is 0. The Labute approximate surface area is 155 Å². The third kappa shape index (κ3) is 1.64. The number of ether oxygens (including phenoxy) is 5. The number of hydrogen-bond acceptors (Lipinski definition) is 7. The van der Waals surface area contributed by atoms with Crippen LogP contribution in [0.4, 0.5) is 0 Å². The predicted molar refractivity (Wildman–Crippen MR) is 90.9 cm³/mol. The molecule has 7 nitrogen and oxygen atoms in total. The molecule has 138 valence electrons. The van der Waals surface area contributed by atoms with Crippen LogP contribution in [-0.2, 0) is 4.74 Å². The highest BCUT2D eigenvalue weighted by molar-refractivity contribution is 5.58. The van der Waals surface area contributed by atoms with Gasteiger partial charge < -0.3 is 28.8 Å². The van der Waals surface area contributed by atoms with Crippen molar-refractivity contribution < 1.29 is 28.8 Å². The molecule has 2 aromatic carbocycles. The van der Waals surface area contributed by atoms with Gasteiger partial charge in [0.05, 0.1) is 18.2 Å². The van der Waals surface area contributed by atoms with Gasteiger partial charge in [0.1, 0.15) is 6.23 Å². The molecule has 0 spiro atoms. The Balaban J connectivity index is 1.43. The van der Waals surface area contributed by atoms with E-state index >= 15 is 0 Å². The van der Waals surface area contributed by atoms with Crippen molar-refractivity contribution in [3.05, 3.63) is 46.5 Å². The van der Waals surface area contributed by atoms with Crippen molar-refractivity contribution in [3.63, 3.8) is 0 Å². The predicted octanol–water partition coefficient (Wildman–Crippen LogP) is 2.36. The van der Waals surface area contributed by atoms with Gasteiger partial charge >= 0.3 is 0 Å². The highest BCUT2D eigenvalue weighted by Crippen LogP contribution is 2.62. The summed E-state index contributed by atoms with van der Waals surface area (Å²) in [5, 5.41) is 11.1. The van der Waals surface area contributed by atoms with Crippen LogP contribution < -0.4 is 18.9 Å². The van der Waals surface area contributed by atoms with Gasteiger partial charge in [0.25, 0.3) is 0 Å². The largest absolute Gasteiger partial charge is 0.454 e. The standard InChI is InChI=1S/C20H17NO6/c1-21-17-16(8-2-12-13(24-6-23-12)3-9(8)18(17)22)19-10-4-14-15(26-7-25-14)5-11(10)20(21)27-19/h2-5,16-20,22H,6-7H2,1H3/t16-,17+,18-,19-,20+/m0/s1. The minimum absolute atomic E-state index is 0.00683. The maximum atomic E-state index is 11.1. The summed E-state index contributed by atoms with van der Waals surface area (Å²) in [6.07, 6.45) is -0.951. The summed E-state index contributed by atoms with van der Waals surface area (Å²) in [6.45, 7) is 0.470. The van der Waals surface area contributed by atoms with Crippen molar-refractivity contribution in [1.82, 2.24) is 4.90 Å². The summed E-state index contributed by atoms with van der Waals surface area (Å²) in [5.41, 5.74) is 4.18. The van der Waals surface area contributed by atoms with Gasteiger partial charge in [-0.15, -0.1) is 0 Å². The second-order valence-electron chi connectivity index (χ2n) is 7.70. The van der Waals surface area contributed by atoms with Crippen LogP contribution in [0.15, 0.2) is 24.3 Å². The van der Waals surface area contributed by atoms with Crippen molar-refractivity contribution in [2.45, 2.75) is 30.4 Å². The van der Waals surface area contributed by atoms with E-state index in [1.807, 2.05) is 31.3 Å². The fourth-order valence-corrected chi connectivity index (χ4v) is 5.37. The van der Waals surface area contributed by atoms with Crippen molar-refractivity contribution in [3.8, 4) is 23.0 Å². The molecule has 4 heterocycles. The summed E-state index contributed by atoms with van der Waals surface area (Å²) >= 11 is 0. The lowest BCUT2D eigenvalue weighted by atomic mass is 9.87. The Hall–Kier alpha value is -2.48. The van der Waals surface area contributed by atoms with E-state index in [1.165, 1.54) is 0 Å². The van der Waals surface area contributed by atoms with Crippen LogP contribution >= 0.6 is 0 Å². The highest BCUT2D eigenvalue weighted by atomic mass is 16.7. The summed E-state index contributed by atoms with van der Waals surface area (Å²) in [6, 6.07) is 7.91. The van der Waals surface area contributed by atoms with E-state index in [-0.39, 0.29) is 37.9 Å². The maximum absolute atomic E-state index is 11.1. The quantitative estimate of drug-likeness (QED) is 0.767. The Kier molecular flexibility index (Phi) is 2.52. The molecule has 2 aromatic rings. The first-order valence-electron chi connectivity index (χ1n) is 9.13. The maximum Gasteiger partial charge on any atom is 0.231 e. The van der Waals surface area contributed by atoms with E-state index in [0.29, 0.717) is 5.75 Å². The minimum atomic E-state index is -0.605. The molecule has 0 unspecified atom stereocenters. The smallest absolute Gasteiger partial charge is 0.231 e. The number of aliphatic hydroxyl groups excluding tert-OH is 1. The van der Waals surface area contributed by atoms with E-state index in [2.05, 4.69) is 4.90 Å². The van der Waals surface area contributed by atoms with E-state index in [4.69, 9.17) is 23.7 Å². The number of likely N-dealkylation sites (N-methyl/N-ethyl adjacent to an activating group) is 1. The average Bonchev–Trinajstić information content (AvgIpc) is 3.42. The molecule has 5 atom stereocenters. The molecule has 0 saturated carbocycles. The Morgan fingerprint density at radius 2 is 1.37 bits per heavy atom. The van der Waals surface area contributed by atoms with E-state index in [1.54, 1.807) is 0 Å². The molecule has 27 heavy (non-hydrogen) atoms. The average molecular weight is 367 g/mol. The van der Waals surface area contributed by atoms with E-state index in [9.17, 15) is 5.11 Å². The van der Waals surface area contributed by atoms with Gasteiger partial charge in [-0.2, -0.15) is 0 Å². The van der Waals surface area contributed by atoms with Gasteiger partial charge in [-0.3, -0.25) is 4.90 Å². The second kappa shape index (κ2) is 4.67. The summed E-state index contributed by atoms with van der Waals surface area (Å²) in [5.74, 6) is 2.95. The molecule has 7 heteroatoms. The Morgan fingerprint density at radius 3 is 2.04 bits per heavy atom. The fourth-order valence-electron chi connectivity index (χ4n) is 5.37. The van der Waals surface area contributed by atoms with Crippen LogP contribution in [0.3, 0.4) is 0 Å². The van der Waals surface area contributed by atoms with Crippen LogP contribution in [0.2, 0.25) is 0 Å². The summed E-state index contributed by atoms with van der Waals surface area (Å²) in [7, 11) is 2.01. The highest BCUT2D eigenvalue weighted by Gasteiger charge is 2.57. The molecule has 1 saturated heterocycles. The molecule has 5 aliphatic rings. The van der Waals surface area contributed by atoms with Gasteiger partial charge in [0.15, 0.2) is 23.0 Å². The second-order valence-corrected chi connectivity index (χ2v) is 7.70.